The summed E-state index contributed by atoms with van der Waals surface area (Å²) in [5.41, 5.74) is 2.38. The molecule has 0 N–H and O–H groups in total. The molecule has 0 spiro atoms. The van der Waals surface area contributed by atoms with Gasteiger partial charge in [-0.3, -0.25) is 9.69 Å². The summed E-state index contributed by atoms with van der Waals surface area (Å²) in [6.45, 7) is 3.13. The highest BCUT2D eigenvalue weighted by molar-refractivity contribution is 7.22. The van der Waals surface area contributed by atoms with Crippen LogP contribution in [0.1, 0.15) is 22.8 Å². The van der Waals surface area contributed by atoms with Crippen molar-refractivity contribution in [3.8, 4) is 17.2 Å². The Morgan fingerprint density at radius 3 is 2.74 bits per heavy atom. The molecule has 0 saturated carbocycles. The fourth-order valence-corrected chi connectivity index (χ4v) is 4.43. The monoisotopic (exact) mass is 432 g/mol. The molecule has 0 fully saturated rings. The Labute approximate surface area is 183 Å². The molecule has 6 nitrogen and oxygen atoms in total. The van der Waals surface area contributed by atoms with Gasteiger partial charge in [0, 0.05) is 5.56 Å². The molecule has 1 amide bonds. The first-order valence-electron chi connectivity index (χ1n) is 10.00. The molecule has 0 bridgehead atoms. The number of benzene rings is 3. The predicted molar refractivity (Wildman–Crippen MR) is 120 cm³/mol. The number of rotatable bonds is 6. The lowest BCUT2D eigenvalue weighted by molar-refractivity contribution is 0.0984. The molecule has 0 radical (unpaired) electrons. The molecule has 1 aromatic heterocycles. The zero-order valence-electron chi connectivity index (χ0n) is 16.9. The van der Waals surface area contributed by atoms with E-state index < -0.39 is 0 Å². The molecule has 0 aliphatic carbocycles. The zero-order chi connectivity index (χ0) is 21.2. The number of carbonyl (C=O) groups is 1. The van der Waals surface area contributed by atoms with Crippen LogP contribution in [0.15, 0.2) is 66.7 Å². The maximum absolute atomic E-state index is 13.6. The second-order valence-corrected chi connectivity index (χ2v) is 8.01. The van der Waals surface area contributed by atoms with Gasteiger partial charge in [0.1, 0.15) is 5.75 Å². The summed E-state index contributed by atoms with van der Waals surface area (Å²) in [6, 6.07) is 20.9. The van der Waals surface area contributed by atoms with Gasteiger partial charge in [-0.25, -0.2) is 4.98 Å². The Bertz CT molecular complexity index is 1240. The van der Waals surface area contributed by atoms with Crippen LogP contribution in [-0.4, -0.2) is 24.3 Å². The summed E-state index contributed by atoms with van der Waals surface area (Å²) in [5, 5.41) is 0.634. The SMILES string of the molecule is CCOc1ccc2nc(N(Cc3ccccc3)C(=O)c3ccc4c(c3)OCO4)sc2c1. The second kappa shape index (κ2) is 8.28. The van der Waals surface area contributed by atoms with Gasteiger partial charge in [-0.05, 0) is 48.9 Å². The number of ether oxygens (including phenoxy) is 3. The summed E-state index contributed by atoms with van der Waals surface area (Å²) in [6.07, 6.45) is 0. The maximum Gasteiger partial charge on any atom is 0.260 e. The number of thiazole rings is 1. The lowest BCUT2D eigenvalue weighted by Crippen LogP contribution is -2.30. The molecule has 3 aromatic carbocycles. The number of fused-ring (bicyclic) bond motifs is 2. The smallest absolute Gasteiger partial charge is 0.260 e. The number of amides is 1. The number of hydrogen-bond donors (Lipinski definition) is 0. The number of hydrogen-bond acceptors (Lipinski definition) is 6. The van der Waals surface area contributed by atoms with Crippen LogP contribution in [0.3, 0.4) is 0 Å². The third kappa shape index (κ3) is 3.92. The standard InChI is InChI=1S/C24H20N2O4S/c1-2-28-18-9-10-19-22(13-18)31-24(25-19)26(14-16-6-4-3-5-7-16)23(27)17-8-11-20-21(12-17)30-15-29-20/h3-13H,2,14-15H2,1H3. The predicted octanol–water partition coefficient (Wildman–Crippen LogP) is 5.27. The minimum atomic E-state index is -0.147. The van der Waals surface area contributed by atoms with Crippen molar-refractivity contribution in [2.45, 2.75) is 13.5 Å². The van der Waals surface area contributed by atoms with Gasteiger partial charge in [-0.15, -0.1) is 0 Å². The quantitative estimate of drug-likeness (QED) is 0.415. The highest BCUT2D eigenvalue weighted by Gasteiger charge is 2.24. The van der Waals surface area contributed by atoms with E-state index in [2.05, 4.69) is 0 Å². The van der Waals surface area contributed by atoms with Gasteiger partial charge < -0.3 is 14.2 Å². The lowest BCUT2D eigenvalue weighted by atomic mass is 10.1. The molecule has 7 heteroatoms. The molecule has 156 valence electrons. The van der Waals surface area contributed by atoms with Crippen molar-refractivity contribution in [2.75, 3.05) is 18.3 Å². The van der Waals surface area contributed by atoms with Crippen LogP contribution >= 0.6 is 11.3 Å². The van der Waals surface area contributed by atoms with E-state index >= 15 is 0 Å². The van der Waals surface area contributed by atoms with Crippen LogP contribution in [0.2, 0.25) is 0 Å². The number of aromatic nitrogens is 1. The Kier molecular flexibility index (Phi) is 5.18. The van der Waals surface area contributed by atoms with Crippen LogP contribution in [0.25, 0.3) is 10.2 Å². The zero-order valence-corrected chi connectivity index (χ0v) is 17.7. The van der Waals surface area contributed by atoms with Crippen molar-refractivity contribution in [3.63, 3.8) is 0 Å². The summed E-state index contributed by atoms with van der Waals surface area (Å²) >= 11 is 1.47. The van der Waals surface area contributed by atoms with Crippen molar-refractivity contribution in [2.24, 2.45) is 0 Å². The van der Waals surface area contributed by atoms with Gasteiger partial charge in [-0.2, -0.15) is 0 Å². The number of carbonyl (C=O) groups excluding carboxylic acids is 1. The van der Waals surface area contributed by atoms with E-state index in [1.165, 1.54) is 11.3 Å². The normalized spacial score (nSPS) is 12.2. The van der Waals surface area contributed by atoms with Crippen molar-refractivity contribution in [1.82, 2.24) is 4.98 Å². The highest BCUT2D eigenvalue weighted by Crippen LogP contribution is 2.36. The first-order chi connectivity index (χ1) is 15.2. The summed E-state index contributed by atoms with van der Waals surface area (Å²) in [4.78, 5) is 20.0. The van der Waals surface area contributed by atoms with E-state index in [0.29, 0.717) is 35.3 Å². The minimum Gasteiger partial charge on any atom is -0.494 e. The molecule has 4 aromatic rings. The molecule has 0 unspecified atom stereocenters. The van der Waals surface area contributed by atoms with E-state index in [-0.39, 0.29) is 12.7 Å². The van der Waals surface area contributed by atoms with Crippen LogP contribution in [-0.2, 0) is 6.54 Å². The van der Waals surface area contributed by atoms with Gasteiger partial charge in [0.05, 0.1) is 23.4 Å². The summed E-state index contributed by atoms with van der Waals surface area (Å²) in [5.74, 6) is 1.87. The van der Waals surface area contributed by atoms with Gasteiger partial charge in [0.2, 0.25) is 6.79 Å². The molecule has 31 heavy (non-hydrogen) atoms. The molecular weight excluding hydrogens is 412 g/mol. The first-order valence-corrected chi connectivity index (χ1v) is 10.8. The molecule has 1 aliphatic heterocycles. The van der Waals surface area contributed by atoms with E-state index in [1.807, 2.05) is 55.5 Å². The van der Waals surface area contributed by atoms with Crippen LogP contribution in [0.5, 0.6) is 17.2 Å². The first kappa shape index (κ1) is 19.4. The topological polar surface area (TPSA) is 60.9 Å². The Balaban J connectivity index is 1.54. The van der Waals surface area contributed by atoms with Crippen molar-refractivity contribution in [1.29, 1.82) is 0 Å². The van der Waals surface area contributed by atoms with Gasteiger partial charge >= 0.3 is 0 Å². The number of anilines is 1. The lowest BCUT2D eigenvalue weighted by Gasteiger charge is -2.20. The van der Waals surface area contributed by atoms with Gasteiger partial charge in [0.15, 0.2) is 16.6 Å². The van der Waals surface area contributed by atoms with E-state index in [1.54, 1.807) is 23.1 Å². The molecule has 5 rings (SSSR count). The summed E-state index contributed by atoms with van der Waals surface area (Å²) < 4.78 is 17.4. The van der Waals surface area contributed by atoms with Crippen molar-refractivity contribution < 1.29 is 19.0 Å². The highest BCUT2D eigenvalue weighted by atomic mass is 32.1. The van der Waals surface area contributed by atoms with Crippen molar-refractivity contribution >= 4 is 32.6 Å². The Morgan fingerprint density at radius 1 is 1.06 bits per heavy atom. The van der Waals surface area contributed by atoms with Crippen LogP contribution in [0.4, 0.5) is 5.13 Å². The maximum atomic E-state index is 13.6. The summed E-state index contributed by atoms with van der Waals surface area (Å²) in [7, 11) is 0. The molecule has 0 saturated heterocycles. The third-order valence-corrected chi connectivity index (χ3v) is 5.98. The van der Waals surface area contributed by atoms with Crippen LogP contribution < -0.4 is 19.1 Å². The largest absolute Gasteiger partial charge is 0.494 e. The van der Waals surface area contributed by atoms with Crippen LogP contribution in [0, 0.1) is 0 Å². The van der Waals surface area contributed by atoms with Gasteiger partial charge in [-0.1, -0.05) is 41.7 Å². The second-order valence-electron chi connectivity index (χ2n) is 7.00. The van der Waals surface area contributed by atoms with E-state index in [9.17, 15) is 4.79 Å². The molecular formula is C24H20N2O4S. The molecule has 0 atom stereocenters. The fourth-order valence-electron chi connectivity index (χ4n) is 3.44. The van der Waals surface area contributed by atoms with Gasteiger partial charge in [0.25, 0.3) is 5.91 Å². The van der Waals surface area contributed by atoms with E-state index in [4.69, 9.17) is 19.2 Å². The Morgan fingerprint density at radius 2 is 1.90 bits per heavy atom. The average Bonchev–Trinajstić information content (AvgIpc) is 3.44. The number of nitrogens with zero attached hydrogens (tertiary/aromatic N) is 2. The average molecular weight is 433 g/mol. The van der Waals surface area contributed by atoms with Crippen molar-refractivity contribution in [3.05, 3.63) is 77.9 Å². The molecule has 1 aliphatic rings. The minimum absolute atomic E-state index is 0.147. The molecule has 2 heterocycles. The third-order valence-electron chi connectivity index (χ3n) is 4.94. The fraction of sp³-hybridized carbons (Fsp3) is 0.167. The van der Waals surface area contributed by atoms with E-state index in [0.717, 1.165) is 21.5 Å². The Hall–Kier alpha value is -3.58.